The molecule has 1 amide bonds. The van der Waals surface area contributed by atoms with Crippen LogP contribution in [0.1, 0.15) is 26.3 Å². The van der Waals surface area contributed by atoms with Crippen LogP contribution in [-0.4, -0.2) is 24.2 Å². The Morgan fingerprint density at radius 1 is 1.38 bits per heavy atom. The molecule has 0 saturated heterocycles. The Hall–Kier alpha value is -1.44. The Labute approximate surface area is 132 Å². The number of hydrogen-bond acceptors (Lipinski definition) is 3. The van der Waals surface area contributed by atoms with Crippen molar-refractivity contribution < 1.29 is 4.79 Å². The number of carbonyl (C=O) groups excluding carboxylic acids is 1. The maximum Gasteiger partial charge on any atom is 0.233 e. The van der Waals surface area contributed by atoms with Crippen LogP contribution in [-0.2, 0) is 11.3 Å². The fourth-order valence-electron chi connectivity index (χ4n) is 1.77. The first-order valence-corrected chi connectivity index (χ1v) is 8.08. The summed E-state index contributed by atoms with van der Waals surface area (Å²) < 4.78 is 0. The van der Waals surface area contributed by atoms with Crippen molar-refractivity contribution in [2.24, 2.45) is 5.92 Å². The first-order valence-electron chi connectivity index (χ1n) is 7.20. The number of benzene rings is 1. The van der Waals surface area contributed by atoms with Gasteiger partial charge in [-0.25, -0.2) is 0 Å². The summed E-state index contributed by atoms with van der Waals surface area (Å²) in [6.45, 7) is 8.40. The molecule has 0 heterocycles. The lowest BCUT2D eigenvalue weighted by Gasteiger charge is -2.12. The quantitative estimate of drug-likeness (QED) is 0.573. The molecule has 0 aromatic heterocycles. The van der Waals surface area contributed by atoms with Crippen molar-refractivity contribution >= 4 is 17.7 Å². The predicted octanol–water partition coefficient (Wildman–Crippen LogP) is 2.66. The predicted molar refractivity (Wildman–Crippen MR) is 90.1 cm³/mol. The Kier molecular flexibility index (Phi) is 7.96. The fourth-order valence-corrected chi connectivity index (χ4v) is 2.75. The first-order chi connectivity index (χ1) is 10.0. The molecule has 0 radical (unpaired) electrons. The van der Waals surface area contributed by atoms with Gasteiger partial charge in [0.25, 0.3) is 0 Å². The van der Waals surface area contributed by atoms with Crippen LogP contribution in [0.25, 0.3) is 0 Å². The summed E-state index contributed by atoms with van der Waals surface area (Å²) >= 11 is 1.55. The Morgan fingerprint density at radius 2 is 2.14 bits per heavy atom. The number of thioether (sulfide) groups is 1. The lowest BCUT2D eigenvalue weighted by Crippen LogP contribution is -2.31. The number of rotatable bonds is 8. The van der Waals surface area contributed by atoms with Crippen molar-refractivity contribution in [2.45, 2.75) is 37.5 Å². The summed E-state index contributed by atoms with van der Waals surface area (Å²) in [7, 11) is 0. The number of nitrogens with one attached hydrogen (secondary N) is 2. The topological polar surface area (TPSA) is 41.1 Å². The zero-order valence-corrected chi connectivity index (χ0v) is 13.8. The molecule has 0 aliphatic carbocycles. The third-order valence-electron chi connectivity index (χ3n) is 2.83. The molecule has 0 spiro atoms. The molecule has 21 heavy (non-hydrogen) atoms. The van der Waals surface area contributed by atoms with Gasteiger partial charge in [0.15, 0.2) is 0 Å². The molecule has 1 atom stereocenters. The van der Waals surface area contributed by atoms with Gasteiger partial charge in [-0.3, -0.25) is 4.79 Å². The highest BCUT2D eigenvalue weighted by Crippen LogP contribution is 2.24. The van der Waals surface area contributed by atoms with Crippen molar-refractivity contribution in [3.05, 3.63) is 29.8 Å². The second-order valence-electron chi connectivity index (χ2n) is 5.35. The van der Waals surface area contributed by atoms with Crippen LogP contribution in [0.4, 0.5) is 0 Å². The van der Waals surface area contributed by atoms with Gasteiger partial charge < -0.3 is 10.6 Å². The molecule has 1 unspecified atom stereocenters. The highest BCUT2D eigenvalue weighted by Gasteiger charge is 2.13. The molecule has 1 aromatic carbocycles. The van der Waals surface area contributed by atoms with Crippen LogP contribution < -0.4 is 10.6 Å². The minimum absolute atomic E-state index is 0.0266. The van der Waals surface area contributed by atoms with Crippen LogP contribution >= 0.6 is 11.8 Å². The van der Waals surface area contributed by atoms with E-state index in [1.165, 1.54) is 5.56 Å². The Morgan fingerprint density at radius 3 is 2.81 bits per heavy atom. The molecule has 4 heteroatoms. The normalized spacial score (nSPS) is 12.0. The number of hydrogen-bond donors (Lipinski definition) is 2. The van der Waals surface area contributed by atoms with E-state index < -0.39 is 0 Å². The standard InChI is InChI=1S/C17H24N2OS/c1-5-9-19-17(20)14(4)21-16-8-6-7-15(10-16)12-18-11-13(2)3/h1,6-8,10,13-14,18H,9,11-12H2,2-4H3,(H,19,20). The smallest absolute Gasteiger partial charge is 0.233 e. The molecule has 0 aliphatic heterocycles. The van der Waals surface area contributed by atoms with E-state index in [1.54, 1.807) is 11.8 Å². The van der Waals surface area contributed by atoms with Gasteiger partial charge in [0.1, 0.15) is 0 Å². The maximum atomic E-state index is 11.8. The van der Waals surface area contributed by atoms with E-state index in [4.69, 9.17) is 6.42 Å². The fraction of sp³-hybridized carbons (Fsp3) is 0.471. The maximum absolute atomic E-state index is 11.8. The lowest BCUT2D eigenvalue weighted by molar-refractivity contribution is -0.120. The van der Waals surface area contributed by atoms with E-state index >= 15 is 0 Å². The van der Waals surface area contributed by atoms with Gasteiger partial charge in [-0.1, -0.05) is 31.9 Å². The van der Waals surface area contributed by atoms with E-state index in [0.29, 0.717) is 5.92 Å². The van der Waals surface area contributed by atoms with Crippen molar-refractivity contribution in [1.82, 2.24) is 10.6 Å². The average Bonchev–Trinajstić information content (AvgIpc) is 2.44. The first kappa shape index (κ1) is 17.6. The van der Waals surface area contributed by atoms with E-state index in [1.807, 2.05) is 19.1 Å². The summed E-state index contributed by atoms with van der Waals surface area (Å²) in [5.41, 5.74) is 1.23. The third-order valence-corrected chi connectivity index (χ3v) is 3.92. The second-order valence-corrected chi connectivity index (χ2v) is 6.77. The van der Waals surface area contributed by atoms with Crippen molar-refractivity contribution in [1.29, 1.82) is 0 Å². The van der Waals surface area contributed by atoms with Gasteiger partial charge in [-0.05, 0) is 37.1 Å². The third kappa shape index (κ3) is 7.22. The molecule has 0 saturated carbocycles. The van der Waals surface area contributed by atoms with E-state index in [2.05, 4.69) is 42.5 Å². The van der Waals surface area contributed by atoms with Crippen molar-refractivity contribution in [3.8, 4) is 12.3 Å². The highest BCUT2D eigenvalue weighted by molar-refractivity contribution is 8.00. The van der Waals surface area contributed by atoms with Crippen LogP contribution in [0.2, 0.25) is 0 Å². The minimum atomic E-state index is -0.155. The molecule has 2 N–H and O–H groups in total. The highest BCUT2D eigenvalue weighted by atomic mass is 32.2. The van der Waals surface area contributed by atoms with Crippen LogP contribution in [0, 0.1) is 18.3 Å². The lowest BCUT2D eigenvalue weighted by atomic mass is 10.2. The van der Waals surface area contributed by atoms with E-state index in [9.17, 15) is 4.79 Å². The SMILES string of the molecule is C#CCNC(=O)C(C)Sc1cccc(CNCC(C)C)c1. The second kappa shape index (κ2) is 9.49. The largest absolute Gasteiger partial charge is 0.344 e. The number of terminal acetylenes is 1. The molecular formula is C17H24N2OS. The van der Waals surface area contributed by atoms with Gasteiger partial charge in [0.05, 0.1) is 11.8 Å². The molecular weight excluding hydrogens is 280 g/mol. The molecule has 3 nitrogen and oxygen atoms in total. The zero-order valence-electron chi connectivity index (χ0n) is 13.0. The molecule has 0 bridgehead atoms. The molecule has 114 valence electrons. The minimum Gasteiger partial charge on any atom is -0.344 e. The van der Waals surface area contributed by atoms with Gasteiger partial charge in [0, 0.05) is 11.4 Å². The molecule has 0 fully saturated rings. The summed E-state index contributed by atoms with van der Waals surface area (Å²) in [5.74, 6) is 3.02. The summed E-state index contributed by atoms with van der Waals surface area (Å²) in [6.07, 6.45) is 5.14. The van der Waals surface area contributed by atoms with Crippen molar-refractivity contribution in [2.75, 3.05) is 13.1 Å². The van der Waals surface area contributed by atoms with Gasteiger partial charge in [-0.15, -0.1) is 18.2 Å². The number of carbonyl (C=O) groups is 1. The monoisotopic (exact) mass is 304 g/mol. The summed E-state index contributed by atoms with van der Waals surface area (Å²) in [6, 6.07) is 8.28. The molecule has 0 aliphatic rings. The average molecular weight is 304 g/mol. The van der Waals surface area contributed by atoms with E-state index in [-0.39, 0.29) is 17.7 Å². The van der Waals surface area contributed by atoms with Crippen LogP contribution in [0.3, 0.4) is 0 Å². The zero-order chi connectivity index (χ0) is 15.7. The summed E-state index contributed by atoms with van der Waals surface area (Å²) in [5, 5.41) is 5.97. The summed E-state index contributed by atoms with van der Waals surface area (Å²) in [4.78, 5) is 12.9. The van der Waals surface area contributed by atoms with Gasteiger partial charge in [0.2, 0.25) is 5.91 Å². The molecule has 1 aromatic rings. The number of amides is 1. The Balaban J connectivity index is 2.52. The van der Waals surface area contributed by atoms with Gasteiger partial charge in [-0.2, -0.15) is 0 Å². The van der Waals surface area contributed by atoms with E-state index in [0.717, 1.165) is 18.0 Å². The van der Waals surface area contributed by atoms with Crippen LogP contribution in [0.5, 0.6) is 0 Å². The van der Waals surface area contributed by atoms with Crippen LogP contribution in [0.15, 0.2) is 29.2 Å². The Bertz CT molecular complexity index is 494. The van der Waals surface area contributed by atoms with Crippen molar-refractivity contribution in [3.63, 3.8) is 0 Å². The van der Waals surface area contributed by atoms with Gasteiger partial charge >= 0.3 is 0 Å². The molecule has 1 rings (SSSR count).